The van der Waals surface area contributed by atoms with Crippen molar-refractivity contribution in [1.29, 1.82) is 0 Å². The molecule has 124 valence electrons. The fourth-order valence-electron chi connectivity index (χ4n) is 3.16. The summed E-state index contributed by atoms with van der Waals surface area (Å²) in [7, 11) is 0. The van der Waals surface area contributed by atoms with Crippen LogP contribution in [0.4, 0.5) is 0 Å². The number of benzene rings is 1. The molecule has 1 aliphatic heterocycles. The lowest BCUT2D eigenvalue weighted by atomic mass is 10.0. The Bertz CT molecular complexity index is 601. The third-order valence-corrected chi connectivity index (χ3v) is 4.47. The Morgan fingerprint density at radius 3 is 2.61 bits per heavy atom. The van der Waals surface area contributed by atoms with Crippen molar-refractivity contribution in [2.45, 2.75) is 25.7 Å². The van der Waals surface area contributed by atoms with Gasteiger partial charge in [0.1, 0.15) is 13.2 Å². The summed E-state index contributed by atoms with van der Waals surface area (Å²) >= 11 is 0. The number of hydrogen-bond donors (Lipinski definition) is 2. The van der Waals surface area contributed by atoms with Crippen molar-refractivity contribution < 1.29 is 24.2 Å². The number of ether oxygens (including phenoxy) is 2. The topological polar surface area (TPSA) is 84.9 Å². The highest BCUT2D eigenvalue weighted by Gasteiger charge is 2.33. The second-order valence-electron chi connectivity index (χ2n) is 6.06. The van der Waals surface area contributed by atoms with Gasteiger partial charge in [-0.2, -0.15) is 0 Å². The molecule has 0 bridgehead atoms. The molecule has 2 atom stereocenters. The molecule has 0 spiro atoms. The maximum atomic E-state index is 12.1. The van der Waals surface area contributed by atoms with E-state index < -0.39 is 5.97 Å². The highest BCUT2D eigenvalue weighted by molar-refractivity contribution is 5.80. The van der Waals surface area contributed by atoms with Gasteiger partial charge in [0, 0.05) is 12.5 Å². The van der Waals surface area contributed by atoms with Crippen molar-refractivity contribution in [1.82, 2.24) is 5.32 Å². The SMILES string of the molecule is O=C(O)[C@@H]1CC[C@H](C(=O)NCCc2ccc3c(c2)OCCO3)C1. The molecule has 1 aliphatic carbocycles. The van der Waals surface area contributed by atoms with Crippen molar-refractivity contribution in [3.05, 3.63) is 23.8 Å². The van der Waals surface area contributed by atoms with Crippen LogP contribution >= 0.6 is 0 Å². The van der Waals surface area contributed by atoms with Crippen molar-refractivity contribution in [2.75, 3.05) is 19.8 Å². The number of carbonyl (C=O) groups is 2. The van der Waals surface area contributed by atoms with Gasteiger partial charge < -0.3 is 19.9 Å². The van der Waals surface area contributed by atoms with Crippen molar-refractivity contribution >= 4 is 11.9 Å². The Balaban J connectivity index is 1.46. The molecule has 0 radical (unpaired) electrons. The summed E-state index contributed by atoms with van der Waals surface area (Å²) in [6, 6.07) is 5.80. The molecule has 2 aliphatic rings. The minimum atomic E-state index is -0.795. The van der Waals surface area contributed by atoms with Crippen LogP contribution in [0.25, 0.3) is 0 Å². The lowest BCUT2D eigenvalue weighted by Gasteiger charge is -2.19. The number of carboxylic acids is 1. The first-order chi connectivity index (χ1) is 11.1. The first kappa shape index (κ1) is 15.6. The van der Waals surface area contributed by atoms with Gasteiger partial charge in [-0.05, 0) is 43.4 Å². The summed E-state index contributed by atoms with van der Waals surface area (Å²) in [5.74, 6) is 0.137. The van der Waals surface area contributed by atoms with E-state index in [0.717, 1.165) is 17.1 Å². The van der Waals surface area contributed by atoms with Crippen LogP contribution in [0.2, 0.25) is 0 Å². The van der Waals surface area contributed by atoms with Crippen LogP contribution in [0, 0.1) is 11.8 Å². The Kier molecular flexibility index (Phi) is 4.69. The third-order valence-electron chi connectivity index (χ3n) is 4.47. The fraction of sp³-hybridized carbons (Fsp3) is 0.529. The summed E-state index contributed by atoms with van der Waals surface area (Å²) in [5, 5.41) is 11.9. The van der Waals surface area contributed by atoms with E-state index in [1.54, 1.807) is 0 Å². The Morgan fingerprint density at radius 2 is 1.87 bits per heavy atom. The average molecular weight is 319 g/mol. The normalized spacial score (nSPS) is 22.6. The van der Waals surface area contributed by atoms with Crippen molar-refractivity contribution in [3.63, 3.8) is 0 Å². The molecule has 1 saturated carbocycles. The van der Waals surface area contributed by atoms with Gasteiger partial charge in [-0.15, -0.1) is 0 Å². The number of amides is 1. The molecular formula is C17H21NO5. The van der Waals surface area contributed by atoms with Crippen LogP contribution in [0.5, 0.6) is 11.5 Å². The second-order valence-corrected chi connectivity index (χ2v) is 6.06. The highest BCUT2D eigenvalue weighted by Crippen LogP contribution is 2.32. The first-order valence-corrected chi connectivity index (χ1v) is 8.02. The Morgan fingerprint density at radius 1 is 1.13 bits per heavy atom. The van der Waals surface area contributed by atoms with Gasteiger partial charge in [-0.3, -0.25) is 9.59 Å². The lowest BCUT2D eigenvalue weighted by molar-refractivity contribution is -0.141. The third kappa shape index (κ3) is 3.75. The van der Waals surface area contributed by atoms with Crippen LogP contribution < -0.4 is 14.8 Å². The van der Waals surface area contributed by atoms with Gasteiger partial charge in [0.25, 0.3) is 0 Å². The monoisotopic (exact) mass is 319 g/mol. The lowest BCUT2D eigenvalue weighted by Crippen LogP contribution is -2.31. The van der Waals surface area contributed by atoms with Crippen LogP contribution in [-0.4, -0.2) is 36.7 Å². The van der Waals surface area contributed by atoms with Gasteiger partial charge in [-0.1, -0.05) is 6.07 Å². The molecule has 2 N–H and O–H groups in total. The predicted molar refractivity (Wildman–Crippen MR) is 82.6 cm³/mol. The smallest absolute Gasteiger partial charge is 0.306 e. The summed E-state index contributed by atoms with van der Waals surface area (Å²) in [6.07, 6.45) is 2.41. The Hall–Kier alpha value is -2.24. The van der Waals surface area contributed by atoms with Crippen LogP contribution in [-0.2, 0) is 16.0 Å². The zero-order chi connectivity index (χ0) is 16.2. The molecule has 6 heteroatoms. The van der Waals surface area contributed by atoms with Crippen molar-refractivity contribution in [2.24, 2.45) is 11.8 Å². The summed E-state index contributed by atoms with van der Waals surface area (Å²) < 4.78 is 11.0. The van der Waals surface area contributed by atoms with E-state index in [4.69, 9.17) is 14.6 Å². The molecule has 1 fully saturated rings. The minimum absolute atomic E-state index is 0.0358. The van der Waals surface area contributed by atoms with Gasteiger partial charge >= 0.3 is 5.97 Å². The molecule has 0 unspecified atom stereocenters. The number of carbonyl (C=O) groups excluding carboxylic acids is 1. The van der Waals surface area contributed by atoms with Crippen molar-refractivity contribution in [3.8, 4) is 11.5 Å². The zero-order valence-corrected chi connectivity index (χ0v) is 12.9. The summed E-state index contributed by atoms with van der Waals surface area (Å²) in [6.45, 7) is 1.66. The standard InChI is InChI=1S/C17H21NO5/c19-16(12-2-3-13(10-12)17(20)21)18-6-5-11-1-4-14-15(9-11)23-8-7-22-14/h1,4,9,12-13H,2-3,5-8,10H2,(H,18,19)(H,20,21)/t12-,13+/m0/s1. The van der Waals surface area contributed by atoms with Gasteiger partial charge in [-0.25, -0.2) is 0 Å². The average Bonchev–Trinajstić information content (AvgIpc) is 3.05. The number of rotatable bonds is 5. The number of carboxylic acid groups (broad SMARTS) is 1. The molecule has 3 rings (SSSR count). The second kappa shape index (κ2) is 6.89. The van der Waals surface area contributed by atoms with E-state index in [2.05, 4.69) is 5.32 Å². The molecular weight excluding hydrogens is 298 g/mol. The number of aliphatic carboxylic acids is 1. The molecule has 1 heterocycles. The molecule has 6 nitrogen and oxygen atoms in total. The van der Waals surface area contributed by atoms with E-state index in [9.17, 15) is 9.59 Å². The Labute approximate surface area is 134 Å². The molecule has 0 aromatic heterocycles. The highest BCUT2D eigenvalue weighted by atomic mass is 16.6. The van der Waals surface area contributed by atoms with E-state index >= 15 is 0 Å². The van der Waals surface area contributed by atoms with Crippen LogP contribution in [0.3, 0.4) is 0 Å². The molecule has 1 aromatic carbocycles. The van der Waals surface area contributed by atoms with E-state index in [-0.39, 0.29) is 17.7 Å². The maximum Gasteiger partial charge on any atom is 0.306 e. The van der Waals surface area contributed by atoms with E-state index in [1.807, 2.05) is 18.2 Å². The van der Waals surface area contributed by atoms with Gasteiger partial charge in [0.2, 0.25) is 5.91 Å². The molecule has 1 aromatic rings. The molecule has 23 heavy (non-hydrogen) atoms. The minimum Gasteiger partial charge on any atom is -0.486 e. The first-order valence-electron chi connectivity index (χ1n) is 8.02. The molecule has 0 saturated heterocycles. The summed E-state index contributed by atoms with van der Waals surface area (Å²) in [4.78, 5) is 23.0. The quantitative estimate of drug-likeness (QED) is 0.861. The largest absolute Gasteiger partial charge is 0.486 e. The maximum absolute atomic E-state index is 12.1. The van der Waals surface area contributed by atoms with Gasteiger partial charge in [0.05, 0.1) is 5.92 Å². The van der Waals surface area contributed by atoms with Gasteiger partial charge in [0.15, 0.2) is 11.5 Å². The van der Waals surface area contributed by atoms with Crippen LogP contribution in [0.1, 0.15) is 24.8 Å². The number of hydrogen-bond acceptors (Lipinski definition) is 4. The zero-order valence-electron chi connectivity index (χ0n) is 12.9. The fourth-order valence-corrected chi connectivity index (χ4v) is 3.16. The van der Waals surface area contributed by atoms with Crippen LogP contribution in [0.15, 0.2) is 18.2 Å². The van der Waals surface area contributed by atoms with E-state index in [0.29, 0.717) is 45.4 Å². The van der Waals surface area contributed by atoms with E-state index in [1.165, 1.54) is 0 Å². The molecule has 1 amide bonds. The number of fused-ring (bicyclic) bond motifs is 1. The number of nitrogens with one attached hydrogen (secondary N) is 1. The predicted octanol–water partition coefficient (Wildman–Crippen LogP) is 1.62. The summed E-state index contributed by atoms with van der Waals surface area (Å²) in [5.41, 5.74) is 1.07.